The van der Waals surface area contributed by atoms with E-state index in [1.807, 2.05) is 13.8 Å². The van der Waals surface area contributed by atoms with E-state index in [0.29, 0.717) is 39.6 Å². The molecule has 1 atom stereocenters. The van der Waals surface area contributed by atoms with Crippen LogP contribution in [0, 0.1) is 0 Å². The molecule has 0 spiro atoms. The average molecular weight is 392 g/mol. The molecule has 0 heterocycles. The van der Waals surface area contributed by atoms with Crippen LogP contribution in [0.25, 0.3) is 0 Å². The third kappa shape index (κ3) is 29.2. The minimum atomic E-state index is -0.186. The van der Waals surface area contributed by atoms with Crippen LogP contribution in [0.3, 0.4) is 0 Å². The van der Waals surface area contributed by atoms with Crippen molar-refractivity contribution in [3.63, 3.8) is 0 Å². The van der Waals surface area contributed by atoms with E-state index in [1.165, 1.54) is 25.9 Å². The lowest BCUT2D eigenvalue weighted by Gasteiger charge is -2.17. The Morgan fingerprint density at radius 2 is 1.37 bits per heavy atom. The van der Waals surface area contributed by atoms with Crippen LogP contribution >= 0.6 is 0 Å². The molecule has 0 saturated heterocycles. The van der Waals surface area contributed by atoms with E-state index in [2.05, 4.69) is 35.9 Å². The molecular weight excluding hydrogens is 356 g/mol. The Hall–Kier alpha value is -1.84. The van der Waals surface area contributed by atoms with Gasteiger partial charge in [0, 0.05) is 6.61 Å². The monoisotopic (exact) mass is 392 g/mol. The molecule has 0 aliphatic rings. The Morgan fingerprint density at radius 3 is 1.96 bits per heavy atom. The Labute approximate surface area is 163 Å². The van der Waals surface area contributed by atoms with Gasteiger partial charge in [0.1, 0.15) is 31.8 Å². The Morgan fingerprint density at radius 1 is 0.778 bits per heavy atom. The van der Waals surface area contributed by atoms with E-state index in [1.54, 1.807) is 6.08 Å². The highest BCUT2D eigenvalue weighted by molar-refractivity contribution is 4.62. The average Bonchev–Trinajstić information content (AvgIpc) is 2.73. The van der Waals surface area contributed by atoms with Crippen molar-refractivity contribution in [2.45, 2.75) is 20.0 Å². The van der Waals surface area contributed by atoms with Crippen molar-refractivity contribution in [1.29, 1.82) is 0 Å². The molecule has 160 valence electrons. The molecule has 1 unspecified atom stereocenters. The molecule has 8 nitrogen and oxygen atoms in total. The molecule has 0 radical (unpaired) electrons. The van der Waals surface area contributed by atoms with Crippen molar-refractivity contribution in [1.82, 2.24) is 0 Å². The van der Waals surface area contributed by atoms with Gasteiger partial charge >= 0.3 is 0 Å². The normalized spacial score (nSPS) is 11.2. The van der Waals surface area contributed by atoms with Crippen molar-refractivity contribution in [3.8, 4) is 0 Å². The zero-order valence-corrected chi connectivity index (χ0v) is 16.9. The highest BCUT2D eigenvalue weighted by Gasteiger charge is 2.10. The standard InChI is InChI=1S/C15H28O8.2C2H4/c1-4-6-20-23-12-9-19-15(13-17-5-2)14-18-8-11-22-21-10-7-16-3;2*1-2/h4,6-7,10,15H,5,8-9,11-14H2,1-3H3;2*1-2H2/b6-4+,10-7+;;. The lowest BCUT2D eigenvalue weighted by Crippen LogP contribution is -2.28. The van der Waals surface area contributed by atoms with Crippen LogP contribution in [0.1, 0.15) is 13.8 Å². The lowest BCUT2D eigenvalue weighted by molar-refractivity contribution is -0.261. The van der Waals surface area contributed by atoms with Crippen molar-refractivity contribution < 1.29 is 38.5 Å². The van der Waals surface area contributed by atoms with Crippen LogP contribution in [-0.4, -0.2) is 59.5 Å². The third-order valence-corrected chi connectivity index (χ3v) is 2.22. The second kappa shape index (κ2) is 31.9. The van der Waals surface area contributed by atoms with Gasteiger partial charge in [-0.05, 0) is 19.9 Å². The number of hydrogen-bond donors (Lipinski definition) is 0. The van der Waals surface area contributed by atoms with Gasteiger partial charge in [-0.25, -0.2) is 0 Å². The molecule has 8 heteroatoms. The molecule has 0 aliphatic carbocycles. The molecule has 0 rings (SSSR count). The van der Waals surface area contributed by atoms with E-state index in [9.17, 15) is 0 Å². The first-order chi connectivity index (χ1) is 13.3. The Balaban J connectivity index is -0.00000134. The van der Waals surface area contributed by atoms with Crippen molar-refractivity contribution in [3.05, 3.63) is 51.2 Å². The van der Waals surface area contributed by atoms with E-state index < -0.39 is 0 Å². The predicted octanol–water partition coefficient (Wildman–Crippen LogP) is 3.58. The Kier molecular flexibility index (Phi) is 35.3. The van der Waals surface area contributed by atoms with Gasteiger partial charge in [0.05, 0.1) is 33.5 Å². The summed E-state index contributed by atoms with van der Waals surface area (Å²) >= 11 is 0. The zero-order chi connectivity index (χ0) is 21.0. The van der Waals surface area contributed by atoms with Crippen LogP contribution in [-0.2, 0) is 38.5 Å². The predicted molar refractivity (Wildman–Crippen MR) is 105 cm³/mol. The minimum absolute atomic E-state index is 0.186. The Bertz CT molecular complexity index is 308. The molecule has 0 aliphatic heterocycles. The topological polar surface area (TPSA) is 73.8 Å². The van der Waals surface area contributed by atoms with Gasteiger partial charge in [-0.15, -0.1) is 26.3 Å². The molecule has 0 N–H and O–H groups in total. The second-order valence-electron chi connectivity index (χ2n) is 4.04. The number of ether oxygens (including phenoxy) is 4. The van der Waals surface area contributed by atoms with Gasteiger partial charge < -0.3 is 28.7 Å². The van der Waals surface area contributed by atoms with E-state index >= 15 is 0 Å². The fraction of sp³-hybridized carbons (Fsp3) is 0.579. The van der Waals surface area contributed by atoms with Gasteiger partial charge in [-0.3, -0.25) is 0 Å². The largest absolute Gasteiger partial charge is 0.501 e. The van der Waals surface area contributed by atoms with Gasteiger partial charge in [-0.2, -0.15) is 9.78 Å². The summed E-state index contributed by atoms with van der Waals surface area (Å²) in [5, 5.41) is 0. The number of allylic oxidation sites excluding steroid dienone is 1. The van der Waals surface area contributed by atoms with E-state index in [4.69, 9.17) is 28.9 Å². The summed E-state index contributed by atoms with van der Waals surface area (Å²) in [4.78, 5) is 19.1. The SMILES string of the molecule is C/C=C/OOCCOC(COCC)COCCOO/C=C/OC.C=C.C=C. The van der Waals surface area contributed by atoms with Crippen LogP contribution in [0.2, 0.25) is 0 Å². The van der Waals surface area contributed by atoms with Gasteiger partial charge in [0.15, 0.2) is 6.26 Å². The number of rotatable bonds is 17. The maximum Gasteiger partial charge on any atom is 0.163 e. The molecule has 27 heavy (non-hydrogen) atoms. The van der Waals surface area contributed by atoms with Crippen molar-refractivity contribution in [2.24, 2.45) is 0 Å². The highest BCUT2D eigenvalue weighted by Crippen LogP contribution is 1.97. The van der Waals surface area contributed by atoms with Gasteiger partial charge in [0.2, 0.25) is 0 Å². The first kappa shape index (κ1) is 29.9. The summed E-state index contributed by atoms with van der Waals surface area (Å²) in [6, 6.07) is 0. The van der Waals surface area contributed by atoms with Crippen LogP contribution in [0.5, 0.6) is 0 Å². The molecule has 0 amide bonds. The maximum atomic E-state index is 5.61. The highest BCUT2D eigenvalue weighted by atomic mass is 17.2. The van der Waals surface area contributed by atoms with Crippen LogP contribution in [0.4, 0.5) is 0 Å². The quantitative estimate of drug-likeness (QED) is 0.122. The third-order valence-electron chi connectivity index (χ3n) is 2.22. The van der Waals surface area contributed by atoms with Crippen molar-refractivity contribution in [2.75, 3.05) is 53.4 Å². The lowest BCUT2D eigenvalue weighted by atomic mass is 10.4. The summed E-state index contributed by atoms with van der Waals surface area (Å²) < 4.78 is 21.0. The molecule has 0 aromatic heterocycles. The van der Waals surface area contributed by atoms with Crippen LogP contribution in [0.15, 0.2) is 51.2 Å². The minimum Gasteiger partial charge on any atom is -0.501 e. The fourth-order valence-corrected chi connectivity index (χ4v) is 1.26. The maximum absolute atomic E-state index is 5.61. The molecule has 0 aromatic carbocycles. The summed E-state index contributed by atoms with van der Waals surface area (Å²) in [5.74, 6) is 0. The molecule has 0 aromatic rings. The molecular formula is C19H36O8. The summed E-state index contributed by atoms with van der Waals surface area (Å²) in [5.41, 5.74) is 0. The smallest absolute Gasteiger partial charge is 0.163 e. The summed E-state index contributed by atoms with van der Waals surface area (Å²) in [6.45, 7) is 18.5. The second-order valence-corrected chi connectivity index (χ2v) is 4.04. The van der Waals surface area contributed by atoms with E-state index in [0.717, 1.165) is 0 Å². The van der Waals surface area contributed by atoms with Gasteiger partial charge in [-0.1, -0.05) is 0 Å². The first-order valence-corrected chi connectivity index (χ1v) is 8.47. The van der Waals surface area contributed by atoms with Gasteiger partial charge in [0.25, 0.3) is 0 Å². The number of methoxy groups -OCH3 is 1. The molecule has 0 bridgehead atoms. The fourth-order valence-electron chi connectivity index (χ4n) is 1.26. The molecule has 0 saturated carbocycles. The van der Waals surface area contributed by atoms with E-state index in [-0.39, 0.29) is 12.7 Å². The molecule has 0 fully saturated rings. The summed E-state index contributed by atoms with van der Waals surface area (Å²) in [7, 11) is 1.51. The summed E-state index contributed by atoms with van der Waals surface area (Å²) in [6.07, 6.45) is 5.63. The van der Waals surface area contributed by atoms with Crippen molar-refractivity contribution >= 4 is 0 Å². The number of hydrogen-bond acceptors (Lipinski definition) is 8. The first-order valence-electron chi connectivity index (χ1n) is 8.47. The van der Waals surface area contributed by atoms with Crippen LogP contribution < -0.4 is 0 Å². The zero-order valence-electron chi connectivity index (χ0n) is 16.9.